The average Bonchev–Trinajstić information content (AvgIpc) is 3.93. The average molecular weight is 897 g/mol. The monoisotopic (exact) mass is 896 g/mol. The van der Waals surface area contributed by atoms with Crippen molar-refractivity contribution in [2.24, 2.45) is 0 Å². The zero-order valence-electron chi connectivity index (χ0n) is 39.7. The summed E-state index contributed by atoms with van der Waals surface area (Å²) >= 11 is 6.47. The highest BCUT2D eigenvalue weighted by Crippen LogP contribution is 2.42. The van der Waals surface area contributed by atoms with Crippen molar-refractivity contribution in [1.29, 1.82) is 0 Å². The van der Waals surface area contributed by atoms with E-state index >= 15 is 0 Å². The van der Waals surface area contributed by atoms with Crippen LogP contribution in [0.4, 0.5) is 11.4 Å². The van der Waals surface area contributed by atoms with Crippen molar-refractivity contribution in [2.45, 2.75) is 79.0 Å². The fourth-order valence-corrected chi connectivity index (χ4v) is 10.4. The van der Waals surface area contributed by atoms with Gasteiger partial charge in [0.2, 0.25) is 0 Å². The summed E-state index contributed by atoms with van der Waals surface area (Å²) in [5, 5.41) is 4.53. The third-order valence-corrected chi connectivity index (χ3v) is 13.9. The van der Waals surface area contributed by atoms with Gasteiger partial charge in [0.25, 0.3) is 0 Å². The van der Waals surface area contributed by atoms with Crippen LogP contribution in [0.1, 0.15) is 82.2 Å². The van der Waals surface area contributed by atoms with Crippen LogP contribution in [0, 0.1) is 6.92 Å². The fraction of sp³-hybridized carbons (Fsp3) is 0.180. The van der Waals surface area contributed by atoms with Crippen LogP contribution in [-0.4, -0.2) is 12.4 Å². The first kappa shape index (κ1) is 47.7. The maximum absolute atomic E-state index is 6.31. The minimum Gasteiger partial charge on any atom is -0.316 e. The van der Waals surface area contributed by atoms with Crippen LogP contribution >= 0.6 is 24.0 Å². The van der Waals surface area contributed by atoms with Gasteiger partial charge < -0.3 is 9.47 Å². The standard InChI is InChI=1S/C59H55BN2S2.C2H6/c1-9-43(21-23-45-16-12-14-18-50(45)41(7)42(8)55(11-3)62-57-28-25-47(60)34-53(57)54-36-49(63)26-29-58(54)62)44(10-2)22-24-46-17-13-15-19-51(46)59-35-48(37-64-59)61-31-30-39(5)32-40(6)52-33-38(4)20-27-56(52)61;1-2/h9-20,25-37,63H,1-2,6,21-24H2,3-5,7-8H3;1-2H3/b31-30-,39-32-,42-41+,44-43-,55-11+;. The van der Waals surface area contributed by atoms with Crippen LogP contribution in [0.3, 0.4) is 0 Å². The van der Waals surface area contributed by atoms with Crippen LogP contribution in [0.5, 0.6) is 0 Å². The van der Waals surface area contributed by atoms with E-state index in [2.05, 4.69) is 209 Å². The Morgan fingerprint density at radius 1 is 0.758 bits per heavy atom. The molecule has 0 saturated carbocycles. The number of fused-ring (bicyclic) bond motifs is 4. The van der Waals surface area contributed by atoms with Gasteiger partial charge in [-0.25, -0.2) is 0 Å². The molecule has 0 bridgehead atoms. The van der Waals surface area contributed by atoms with E-state index in [1.165, 1.54) is 60.6 Å². The predicted octanol–water partition coefficient (Wildman–Crippen LogP) is 17.2. The molecule has 1 aliphatic heterocycles. The lowest BCUT2D eigenvalue weighted by Gasteiger charge is -2.25. The minimum atomic E-state index is 0.750. The molecule has 0 spiro atoms. The van der Waals surface area contributed by atoms with Crippen molar-refractivity contribution in [2.75, 3.05) is 4.90 Å². The molecule has 8 rings (SSSR count). The van der Waals surface area contributed by atoms with E-state index in [4.69, 9.17) is 7.85 Å². The number of anilines is 2. The van der Waals surface area contributed by atoms with Gasteiger partial charge in [0.05, 0.1) is 22.4 Å². The third kappa shape index (κ3) is 9.94. The van der Waals surface area contributed by atoms with E-state index < -0.39 is 0 Å². The molecule has 5 heteroatoms. The molecule has 2 aromatic heterocycles. The summed E-state index contributed by atoms with van der Waals surface area (Å²) in [6, 6.07) is 39.2. The molecule has 1 aliphatic rings. The molecule has 2 radical (unpaired) electrons. The Balaban J connectivity index is 0.00000320. The lowest BCUT2D eigenvalue weighted by atomic mass is 9.90. The molecule has 0 saturated heterocycles. The minimum absolute atomic E-state index is 0.750. The normalized spacial score (nSPS) is 14.8. The summed E-state index contributed by atoms with van der Waals surface area (Å²) in [6.07, 6.45) is 16.3. The summed E-state index contributed by atoms with van der Waals surface area (Å²) in [5.74, 6) is 0. The predicted molar refractivity (Wildman–Crippen MR) is 297 cm³/mol. The number of hydrogen-bond acceptors (Lipinski definition) is 3. The van der Waals surface area contributed by atoms with Gasteiger partial charge in [0, 0.05) is 43.4 Å². The SMILES string of the molecule is CC.[B]c1ccc2c(c1)c1cc(S)ccc1n2C(=C/C)/C(C)=C(\C)c1ccccc1CC/C(C=C)=C(/C=C)CCc1ccccc1-c1cc(N2/C=C\C(C)=C/C(=C)c3cc(C)ccc32)cs1. The molecule has 5 aromatic carbocycles. The number of benzene rings is 5. The zero-order valence-corrected chi connectivity index (χ0v) is 41.4. The first-order valence-corrected chi connectivity index (χ1v) is 24.4. The molecular formula is C61H61BN2S2. The second kappa shape index (κ2) is 21.4. The topological polar surface area (TPSA) is 8.17 Å². The van der Waals surface area contributed by atoms with Gasteiger partial charge in [-0.3, -0.25) is 0 Å². The highest BCUT2D eigenvalue weighted by atomic mass is 32.1. The van der Waals surface area contributed by atoms with Crippen LogP contribution < -0.4 is 10.4 Å². The molecule has 66 heavy (non-hydrogen) atoms. The van der Waals surface area contributed by atoms with Crippen molar-refractivity contribution in [1.82, 2.24) is 4.57 Å². The van der Waals surface area contributed by atoms with Gasteiger partial charge in [-0.05, 0) is 165 Å². The maximum Gasteiger partial charge on any atom is 0.113 e. The van der Waals surface area contributed by atoms with E-state index in [0.29, 0.717) is 0 Å². The van der Waals surface area contributed by atoms with Crippen LogP contribution in [0.2, 0.25) is 0 Å². The number of aryl methyl sites for hydroxylation is 3. The molecule has 0 fully saturated rings. The Labute approximate surface area is 404 Å². The Hall–Kier alpha value is -6.27. The smallest absolute Gasteiger partial charge is 0.113 e. The molecule has 0 N–H and O–H groups in total. The quantitative estimate of drug-likeness (QED) is 0.0689. The largest absolute Gasteiger partial charge is 0.316 e. The molecule has 0 atom stereocenters. The first-order chi connectivity index (χ1) is 32.0. The van der Waals surface area contributed by atoms with Gasteiger partial charge in [-0.15, -0.1) is 24.0 Å². The van der Waals surface area contributed by atoms with Crippen molar-refractivity contribution in [3.63, 3.8) is 0 Å². The van der Waals surface area contributed by atoms with Gasteiger partial charge in [0.1, 0.15) is 7.85 Å². The number of aromatic nitrogens is 1. The van der Waals surface area contributed by atoms with Crippen molar-refractivity contribution in [3.8, 4) is 10.4 Å². The summed E-state index contributed by atoms with van der Waals surface area (Å²) in [6.45, 7) is 27.9. The second-order valence-electron chi connectivity index (χ2n) is 16.8. The van der Waals surface area contributed by atoms with E-state index in [9.17, 15) is 0 Å². The van der Waals surface area contributed by atoms with Crippen molar-refractivity contribution >= 4 is 87.3 Å². The van der Waals surface area contributed by atoms with Crippen molar-refractivity contribution in [3.05, 3.63) is 221 Å². The van der Waals surface area contributed by atoms with Crippen LogP contribution in [0.15, 0.2) is 198 Å². The number of hydrogen-bond donors (Lipinski definition) is 1. The second-order valence-corrected chi connectivity index (χ2v) is 18.2. The molecule has 0 aliphatic carbocycles. The molecule has 0 unspecified atom stereocenters. The van der Waals surface area contributed by atoms with Gasteiger partial charge in [0.15, 0.2) is 0 Å². The number of thiophene rings is 1. The molecular weight excluding hydrogens is 836 g/mol. The van der Waals surface area contributed by atoms with E-state index in [0.717, 1.165) is 86.1 Å². The van der Waals surface area contributed by atoms with E-state index in [1.54, 1.807) is 11.3 Å². The van der Waals surface area contributed by atoms with Crippen LogP contribution in [0.25, 0.3) is 49.1 Å². The summed E-state index contributed by atoms with van der Waals surface area (Å²) in [7, 11) is 6.31. The van der Waals surface area contributed by atoms with Gasteiger partial charge in [-0.1, -0.05) is 136 Å². The van der Waals surface area contributed by atoms with E-state index in [1.807, 2.05) is 32.1 Å². The van der Waals surface area contributed by atoms with Crippen molar-refractivity contribution < 1.29 is 0 Å². The Bertz CT molecular complexity index is 3080. The third-order valence-electron chi connectivity index (χ3n) is 12.7. The number of rotatable bonds is 13. The highest BCUT2D eigenvalue weighted by Gasteiger charge is 2.20. The zero-order chi connectivity index (χ0) is 47.1. The Morgan fingerprint density at radius 3 is 2.12 bits per heavy atom. The summed E-state index contributed by atoms with van der Waals surface area (Å²) in [5.41, 5.74) is 21.1. The number of allylic oxidation sites excluding steroid dienone is 12. The van der Waals surface area contributed by atoms with Gasteiger partial charge >= 0.3 is 0 Å². The lowest BCUT2D eigenvalue weighted by Crippen LogP contribution is -2.11. The molecule has 330 valence electrons. The molecule has 0 amide bonds. The maximum atomic E-state index is 6.31. The van der Waals surface area contributed by atoms with Crippen LogP contribution in [-0.2, 0) is 12.8 Å². The Kier molecular flexibility index (Phi) is 15.4. The number of nitrogens with zero attached hydrogens (tertiary/aromatic N) is 2. The number of thiol groups is 1. The molecule has 2 nitrogen and oxygen atoms in total. The fourth-order valence-electron chi connectivity index (χ4n) is 9.21. The molecule has 7 aromatic rings. The first-order valence-electron chi connectivity index (χ1n) is 23.0. The molecule has 3 heterocycles. The van der Waals surface area contributed by atoms with Gasteiger partial charge in [-0.2, -0.15) is 0 Å². The highest BCUT2D eigenvalue weighted by molar-refractivity contribution is 7.80. The Morgan fingerprint density at radius 2 is 1.41 bits per heavy atom. The lowest BCUT2D eigenvalue weighted by molar-refractivity contribution is 0.903. The van der Waals surface area contributed by atoms with E-state index in [-0.39, 0.29) is 0 Å². The summed E-state index contributed by atoms with van der Waals surface area (Å²) < 4.78 is 2.37. The summed E-state index contributed by atoms with van der Waals surface area (Å²) in [4.78, 5) is 4.47.